The average molecular weight is 815 g/mol. The molecule has 0 atom stereocenters. The van der Waals surface area contributed by atoms with Crippen LogP contribution < -0.4 is 20.6 Å². The summed E-state index contributed by atoms with van der Waals surface area (Å²) in [5, 5.41) is 2.26. The van der Waals surface area contributed by atoms with Gasteiger partial charge in [0.25, 0.3) is 0 Å². The Morgan fingerprint density at radius 1 is 0.508 bits per heavy atom. The highest BCUT2D eigenvalue weighted by Gasteiger charge is 2.50. The van der Waals surface area contributed by atoms with Crippen molar-refractivity contribution < 1.29 is 4.42 Å². The van der Waals surface area contributed by atoms with E-state index in [1.165, 1.54) is 95.0 Å². The van der Waals surface area contributed by atoms with Crippen LogP contribution in [0.3, 0.4) is 0 Å². The summed E-state index contributed by atoms with van der Waals surface area (Å²) in [4.78, 5) is 5.28. The Balaban J connectivity index is 1.28. The van der Waals surface area contributed by atoms with Crippen molar-refractivity contribution in [2.24, 2.45) is 0 Å². The molecule has 0 fully saturated rings. The van der Waals surface area contributed by atoms with Gasteiger partial charge in [-0.25, -0.2) is 0 Å². The van der Waals surface area contributed by atoms with E-state index in [1.54, 1.807) is 0 Å². The molecule has 1 aromatic heterocycles. The first kappa shape index (κ1) is 37.9. The van der Waals surface area contributed by atoms with Gasteiger partial charge in [-0.2, -0.15) is 0 Å². The molecule has 8 aromatic carbocycles. The summed E-state index contributed by atoms with van der Waals surface area (Å²) in [5.74, 6) is 0. The Kier molecular flexibility index (Phi) is 7.91. The van der Waals surface area contributed by atoms with Crippen LogP contribution in [-0.4, -0.2) is 6.85 Å². The van der Waals surface area contributed by atoms with Crippen LogP contribution in [0.1, 0.15) is 77.6 Å². The number of hydrogen-bond acceptors (Lipinski definition) is 3. The van der Waals surface area contributed by atoms with Gasteiger partial charge in [-0.1, -0.05) is 177 Å². The molecule has 9 aromatic rings. The summed E-state index contributed by atoms with van der Waals surface area (Å²) in [6.45, 7) is 18.5. The SMILES string of the molecule is CC(C)(C)c1ccc(N2B3c4ccc5c(c4N(c4ccc(C(C)(C)C)cc4-c4ccccc4)c4cc6c(oc7ccccc76)c(c43)-c3ccccc32)-c2ccccc2C5(C)C)cc1. The van der Waals surface area contributed by atoms with Gasteiger partial charge in [-0.05, 0) is 97.6 Å². The number of fused-ring (bicyclic) bond motifs is 12. The number of benzene rings is 8. The van der Waals surface area contributed by atoms with E-state index in [-0.39, 0.29) is 23.1 Å². The van der Waals surface area contributed by atoms with Crippen LogP contribution >= 0.6 is 0 Å². The Bertz CT molecular complexity index is 3340. The zero-order valence-electron chi connectivity index (χ0n) is 37.5. The van der Waals surface area contributed by atoms with Crippen LogP contribution in [0.15, 0.2) is 168 Å². The minimum Gasteiger partial charge on any atom is -0.455 e. The van der Waals surface area contributed by atoms with Gasteiger partial charge in [0.2, 0.25) is 0 Å². The average Bonchev–Trinajstić information content (AvgIpc) is 3.77. The molecule has 2 aliphatic heterocycles. The summed E-state index contributed by atoms with van der Waals surface area (Å²) in [7, 11) is 0. The molecule has 3 nitrogen and oxygen atoms in total. The fourth-order valence-corrected chi connectivity index (χ4v) is 11.1. The van der Waals surface area contributed by atoms with Crippen molar-refractivity contribution in [3.8, 4) is 33.4 Å². The Morgan fingerprint density at radius 3 is 1.94 bits per heavy atom. The van der Waals surface area contributed by atoms with Crippen LogP contribution in [0.25, 0.3) is 55.3 Å². The van der Waals surface area contributed by atoms with Crippen molar-refractivity contribution in [2.45, 2.75) is 71.6 Å². The molecule has 306 valence electrons. The van der Waals surface area contributed by atoms with E-state index in [0.29, 0.717) is 0 Å². The summed E-state index contributed by atoms with van der Waals surface area (Å²) >= 11 is 0. The molecule has 0 saturated heterocycles. The zero-order valence-corrected chi connectivity index (χ0v) is 37.5. The number of nitrogens with zero attached hydrogens (tertiary/aromatic N) is 2. The highest BCUT2D eigenvalue weighted by Crippen LogP contribution is 2.58. The van der Waals surface area contributed by atoms with Gasteiger partial charge in [0.05, 0.1) is 11.4 Å². The fraction of sp³-hybridized carbons (Fsp3) is 0.186. The summed E-state index contributed by atoms with van der Waals surface area (Å²) in [6.07, 6.45) is 0. The third-order valence-electron chi connectivity index (χ3n) is 14.4. The lowest BCUT2D eigenvalue weighted by Crippen LogP contribution is -2.61. The lowest BCUT2D eigenvalue weighted by atomic mass is 9.43. The van der Waals surface area contributed by atoms with Gasteiger partial charge >= 0.3 is 6.85 Å². The molecule has 0 amide bonds. The first-order chi connectivity index (χ1) is 30.3. The molecule has 3 heterocycles. The van der Waals surface area contributed by atoms with E-state index in [9.17, 15) is 0 Å². The first-order valence-electron chi connectivity index (χ1n) is 22.6. The van der Waals surface area contributed by atoms with Gasteiger partial charge in [0.1, 0.15) is 11.2 Å². The standard InChI is InChI=1S/C59H51BN2O/c1-57(2,3)37-26-29-39(30-27-37)62-49-24-16-13-22-42(49)53-54-50(35-44-40-20-14-17-25-51(40)63-56(44)53)61(48-33-28-38(58(4,5)6)34-43(48)36-18-10-9-11-19-36)55-47(60(54)62)32-31-46-52(55)41-21-12-15-23-45(41)59(46,7)8/h9-35H,1-8H3. The normalized spacial score (nSPS) is 14.7. The number of hydrogen-bond donors (Lipinski definition) is 0. The van der Waals surface area contributed by atoms with Gasteiger partial charge < -0.3 is 14.1 Å². The molecular weight excluding hydrogens is 763 g/mol. The van der Waals surface area contributed by atoms with Crippen molar-refractivity contribution in [3.63, 3.8) is 0 Å². The maximum Gasteiger partial charge on any atom is 0.333 e. The molecule has 4 heteroatoms. The molecule has 0 radical (unpaired) electrons. The number of para-hydroxylation sites is 2. The van der Waals surface area contributed by atoms with Crippen LogP contribution in [0.4, 0.5) is 28.4 Å². The highest BCUT2D eigenvalue weighted by atomic mass is 16.3. The first-order valence-corrected chi connectivity index (χ1v) is 22.6. The maximum absolute atomic E-state index is 7.06. The van der Waals surface area contributed by atoms with Crippen LogP contribution in [0, 0.1) is 0 Å². The highest BCUT2D eigenvalue weighted by molar-refractivity contribution is 6.94. The fourth-order valence-electron chi connectivity index (χ4n) is 11.1. The predicted molar refractivity (Wildman–Crippen MR) is 268 cm³/mol. The minimum atomic E-state index is -0.192. The predicted octanol–water partition coefficient (Wildman–Crippen LogP) is 14.9. The van der Waals surface area contributed by atoms with E-state index >= 15 is 0 Å². The van der Waals surface area contributed by atoms with Crippen LogP contribution in [0.5, 0.6) is 0 Å². The van der Waals surface area contributed by atoms with E-state index in [0.717, 1.165) is 21.9 Å². The molecule has 0 saturated carbocycles. The van der Waals surface area contributed by atoms with Crippen molar-refractivity contribution in [1.82, 2.24) is 0 Å². The quantitative estimate of drug-likeness (QED) is 0.166. The van der Waals surface area contributed by atoms with Crippen LogP contribution in [-0.2, 0) is 16.2 Å². The summed E-state index contributed by atoms with van der Waals surface area (Å²) < 4.78 is 7.06. The molecule has 0 unspecified atom stereocenters. The summed E-state index contributed by atoms with van der Waals surface area (Å²) in [6, 6.07) is 61.6. The van der Waals surface area contributed by atoms with E-state index < -0.39 is 0 Å². The van der Waals surface area contributed by atoms with Crippen molar-refractivity contribution in [1.29, 1.82) is 0 Å². The molecule has 1 aliphatic carbocycles. The molecule has 12 rings (SSSR count). The number of anilines is 5. The maximum atomic E-state index is 7.06. The van der Waals surface area contributed by atoms with Gasteiger partial charge in [-0.15, -0.1) is 0 Å². The third-order valence-corrected chi connectivity index (χ3v) is 14.4. The second kappa shape index (κ2) is 13.1. The lowest BCUT2D eigenvalue weighted by molar-refractivity contribution is 0.590. The van der Waals surface area contributed by atoms with Crippen molar-refractivity contribution >= 4 is 68.1 Å². The molecule has 0 bridgehead atoms. The second-order valence-corrected chi connectivity index (χ2v) is 20.5. The molecule has 0 N–H and O–H groups in total. The van der Waals surface area contributed by atoms with E-state index in [1.807, 2.05) is 0 Å². The summed E-state index contributed by atoms with van der Waals surface area (Å²) in [5.41, 5.74) is 22.9. The monoisotopic (exact) mass is 814 g/mol. The molecule has 0 spiro atoms. The molecule has 3 aliphatic rings. The zero-order chi connectivity index (χ0) is 43.2. The Labute approximate surface area is 371 Å². The smallest absolute Gasteiger partial charge is 0.333 e. The van der Waals surface area contributed by atoms with Crippen LogP contribution in [0.2, 0.25) is 0 Å². The lowest BCUT2D eigenvalue weighted by Gasteiger charge is -2.46. The third kappa shape index (κ3) is 5.40. The van der Waals surface area contributed by atoms with E-state index in [2.05, 4.69) is 229 Å². The molecular formula is C59H51BN2O. The second-order valence-electron chi connectivity index (χ2n) is 20.5. The Hall–Kier alpha value is -6.78. The van der Waals surface area contributed by atoms with Crippen molar-refractivity contribution in [2.75, 3.05) is 9.71 Å². The van der Waals surface area contributed by atoms with Gasteiger partial charge in [0, 0.05) is 55.5 Å². The largest absolute Gasteiger partial charge is 0.455 e. The Morgan fingerprint density at radius 2 is 1.17 bits per heavy atom. The molecule has 63 heavy (non-hydrogen) atoms. The number of furan rings is 1. The minimum absolute atomic E-state index is 0.0304. The van der Waals surface area contributed by atoms with Gasteiger partial charge in [0.15, 0.2) is 0 Å². The topological polar surface area (TPSA) is 19.6 Å². The van der Waals surface area contributed by atoms with Gasteiger partial charge in [-0.3, -0.25) is 0 Å². The van der Waals surface area contributed by atoms with E-state index in [4.69, 9.17) is 4.42 Å². The number of rotatable bonds is 3. The van der Waals surface area contributed by atoms with Crippen molar-refractivity contribution in [3.05, 3.63) is 186 Å².